The summed E-state index contributed by atoms with van der Waals surface area (Å²) in [6.07, 6.45) is 1.80. The summed E-state index contributed by atoms with van der Waals surface area (Å²) >= 11 is 6.08. The number of nitrogens with zero attached hydrogens (tertiary/aromatic N) is 2. The van der Waals surface area contributed by atoms with E-state index >= 15 is 0 Å². The lowest BCUT2D eigenvalue weighted by atomic mass is 10.1. The zero-order chi connectivity index (χ0) is 14.7. The van der Waals surface area contributed by atoms with Gasteiger partial charge < -0.3 is 5.32 Å². The number of anilines is 1. The van der Waals surface area contributed by atoms with Crippen LogP contribution in [0.15, 0.2) is 60.8 Å². The number of hydrogen-bond acceptors (Lipinski definition) is 3. The first-order chi connectivity index (χ1) is 10.3. The normalized spacial score (nSPS) is 10.4. The van der Waals surface area contributed by atoms with Crippen molar-refractivity contribution in [3.63, 3.8) is 0 Å². The second-order valence-corrected chi connectivity index (χ2v) is 5.02. The Hall–Kier alpha value is -2.39. The fourth-order valence-corrected chi connectivity index (χ4v) is 2.34. The van der Waals surface area contributed by atoms with Crippen molar-refractivity contribution in [1.82, 2.24) is 9.97 Å². The molecule has 3 aromatic rings. The zero-order valence-electron chi connectivity index (χ0n) is 11.5. The first-order valence-corrected chi connectivity index (χ1v) is 7.02. The van der Waals surface area contributed by atoms with E-state index in [0.29, 0.717) is 10.8 Å². The van der Waals surface area contributed by atoms with E-state index in [2.05, 4.69) is 10.3 Å². The van der Waals surface area contributed by atoms with E-state index in [9.17, 15) is 0 Å². The number of benzene rings is 2. The highest BCUT2D eigenvalue weighted by Crippen LogP contribution is 2.29. The fourth-order valence-electron chi connectivity index (χ4n) is 2.15. The van der Waals surface area contributed by atoms with Crippen LogP contribution < -0.4 is 5.32 Å². The molecule has 0 saturated carbocycles. The minimum Gasteiger partial charge on any atom is -0.385 e. The molecule has 4 heteroatoms. The number of halogens is 1. The first-order valence-electron chi connectivity index (χ1n) is 6.64. The average Bonchev–Trinajstić information content (AvgIpc) is 2.55. The van der Waals surface area contributed by atoms with Gasteiger partial charge in [-0.3, -0.25) is 0 Å². The molecule has 3 rings (SSSR count). The molecule has 1 heterocycles. The van der Waals surface area contributed by atoms with Crippen LogP contribution in [0.5, 0.6) is 0 Å². The van der Waals surface area contributed by atoms with Crippen molar-refractivity contribution >= 4 is 17.3 Å². The lowest BCUT2D eigenvalue weighted by Crippen LogP contribution is -1.99. The van der Waals surface area contributed by atoms with E-state index in [1.54, 1.807) is 6.20 Å². The fraction of sp³-hybridized carbons (Fsp3) is 0.0588. The van der Waals surface area contributed by atoms with Gasteiger partial charge in [-0.1, -0.05) is 54.1 Å². The van der Waals surface area contributed by atoms with Gasteiger partial charge in [0.25, 0.3) is 0 Å². The van der Waals surface area contributed by atoms with Crippen molar-refractivity contribution in [2.75, 3.05) is 12.4 Å². The van der Waals surface area contributed by atoms with Crippen LogP contribution in [-0.2, 0) is 0 Å². The van der Waals surface area contributed by atoms with E-state index in [1.165, 1.54) is 0 Å². The van der Waals surface area contributed by atoms with Crippen molar-refractivity contribution < 1.29 is 0 Å². The Labute approximate surface area is 128 Å². The highest BCUT2D eigenvalue weighted by molar-refractivity contribution is 6.30. The molecule has 0 spiro atoms. The van der Waals surface area contributed by atoms with Gasteiger partial charge in [0.15, 0.2) is 5.82 Å². The quantitative estimate of drug-likeness (QED) is 0.773. The molecule has 0 radical (unpaired) electrons. The zero-order valence-corrected chi connectivity index (χ0v) is 12.3. The van der Waals surface area contributed by atoms with Crippen LogP contribution >= 0.6 is 11.6 Å². The van der Waals surface area contributed by atoms with E-state index in [4.69, 9.17) is 16.6 Å². The third-order valence-electron chi connectivity index (χ3n) is 3.19. The molecule has 1 N–H and O–H groups in total. The maximum Gasteiger partial charge on any atom is 0.159 e. The minimum absolute atomic E-state index is 0.689. The second kappa shape index (κ2) is 5.94. The predicted octanol–water partition coefficient (Wildman–Crippen LogP) is 4.51. The van der Waals surface area contributed by atoms with Crippen molar-refractivity contribution in [3.8, 4) is 22.6 Å². The summed E-state index contributed by atoms with van der Waals surface area (Å²) in [7, 11) is 1.86. The van der Waals surface area contributed by atoms with Crippen LogP contribution in [0, 0.1) is 0 Å². The predicted molar refractivity (Wildman–Crippen MR) is 87.5 cm³/mol. The molecular formula is C17H14ClN3. The summed E-state index contributed by atoms with van der Waals surface area (Å²) in [4.78, 5) is 9.11. The van der Waals surface area contributed by atoms with Gasteiger partial charge in [-0.05, 0) is 12.1 Å². The molecule has 21 heavy (non-hydrogen) atoms. The van der Waals surface area contributed by atoms with Crippen LogP contribution in [0.4, 0.5) is 5.69 Å². The summed E-state index contributed by atoms with van der Waals surface area (Å²) in [5.41, 5.74) is 3.67. The van der Waals surface area contributed by atoms with Crippen LogP contribution in [0.1, 0.15) is 0 Å². The van der Waals surface area contributed by atoms with Gasteiger partial charge in [0.05, 0.1) is 17.6 Å². The van der Waals surface area contributed by atoms with Gasteiger partial charge in [-0.15, -0.1) is 0 Å². The van der Waals surface area contributed by atoms with E-state index in [0.717, 1.165) is 22.5 Å². The molecule has 0 fully saturated rings. The number of rotatable bonds is 3. The molecule has 0 unspecified atom stereocenters. The maximum absolute atomic E-state index is 6.08. The van der Waals surface area contributed by atoms with Crippen molar-refractivity contribution in [3.05, 3.63) is 65.8 Å². The Bertz CT molecular complexity index is 757. The van der Waals surface area contributed by atoms with Crippen molar-refractivity contribution in [2.24, 2.45) is 0 Å². The van der Waals surface area contributed by atoms with Gasteiger partial charge in [0.2, 0.25) is 0 Å². The summed E-state index contributed by atoms with van der Waals surface area (Å²) < 4.78 is 0. The van der Waals surface area contributed by atoms with Gasteiger partial charge in [-0.25, -0.2) is 9.97 Å². The highest BCUT2D eigenvalue weighted by Gasteiger charge is 2.10. The average molecular weight is 296 g/mol. The SMILES string of the molecule is CNc1cnc(-c2ccccc2)nc1-c1cccc(Cl)c1. The summed E-state index contributed by atoms with van der Waals surface area (Å²) in [5, 5.41) is 3.81. The van der Waals surface area contributed by atoms with Crippen LogP contribution in [0.25, 0.3) is 22.6 Å². The minimum atomic E-state index is 0.689. The molecule has 1 aromatic heterocycles. The smallest absolute Gasteiger partial charge is 0.159 e. The van der Waals surface area contributed by atoms with E-state index < -0.39 is 0 Å². The Kier molecular flexibility index (Phi) is 3.84. The Morgan fingerprint density at radius 1 is 0.952 bits per heavy atom. The van der Waals surface area contributed by atoms with Gasteiger partial charge >= 0.3 is 0 Å². The third kappa shape index (κ3) is 2.88. The maximum atomic E-state index is 6.08. The molecule has 3 nitrogen and oxygen atoms in total. The molecule has 0 aliphatic heterocycles. The van der Waals surface area contributed by atoms with Crippen molar-refractivity contribution in [2.45, 2.75) is 0 Å². The second-order valence-electron chi connectivity index (χ2n) is 4.58. The molecule has 0 aliphatic rings. The lowest BCUT2D eigenvalue weighted by molar-refractivity contribution is 1.17. The van der Waals surface area contributed by atoms with E-state index in [-0.39, 0.29) is 0 Å². The standard InChI is InChI=1S/C17H14ClN3/c1-19-15-11-20-17(12-6-3-2-4-7-12)21-16(15)13-8-5-9-14(18)10-13/h2-11,19H,1H3. The van der Waals surface area contributed by atoms with Gasteiger partial charge in [0.1, 0.15) is 0 Å². The van der Waals surface area contributed by atoms with Crippen LogP contribution in [0.3, 0.4) is 0 Å². The van der Waals surface area contributed by atoms with E-state index in [1.807, 2.05) is 61.6 Å². The monoisotopic (exact) mass is 295 g/mol. The third-order valence-corrected chi connectivity index (χ3v) is 3.42. The molecular weight excluding hydrogens is 282 g/mol. The highest BCUT2D eigenvalue weighted by atomic mass is 35.5. The topological polar surface area (TPSA) is 37.8 Å². The molecule has 0 amide bonds. The van der Waals surface area contributed by atoms with Crippen molar-refractivity contribution in [1.29, 1.82) is 0 Å². The van der Waals surface area contributed by atoms with Crippen LogP contribution in [-0.4, -0.2) is 17.0 Å². The Balaban J connectivity index is 2.14. The molecule has 0 aliphatic carbocycles. The molecule has 0 atom stereocenters. The molecule has 104 valence electrons. The number of hydrogen-bond donors (Lipinski definition) is 1. The molecule has 2 aromatic carbocycles. The summed E-state index contributed by atoms with van der Waals surface area (Å²) in [5.74, 6) is 0.699. The Morgan fingerprint density at radius 3 is 2.43 bits per heavy atom. The number of nitrogens with one attached hydrogen (secondary N) is 1. The van der Waals surface area contributed by atoms with Crippen LogP contribution in [0.2, 0.25) is 5.02 Å². The Morgan fingerprint density at radius 2 is 1.71 bits per heavy atom. The molecule has 0 saturated heterocycles. The van der Waals surface area contributed by atoms with Gasteiger partial charge in [0, 0.05) is 23.2 Å². The lowest BCUT2D eigenvalue weighted by Gasteiger charge is -2.10. The largest absolute Gasteiger partial charge is 0.385 e. The summed E-state index contributed by atoms with van der Waals surface area (Å²) in [6.45, 7) is 0. The summed E-state index contributed by atoms with van der Waals surface area (Å²) in [6, 6.07) is 17.6. The van der Waals surface area contributed by atoms with Gasteiger partial charge in [-0.2, -0.15) is 0 Å². The number of aromatic nitrogens is 2. The molecule has 0 bridgehead atoms. The first kappa shape index (κ1) is 13.6.